The molecule has 20 heavy (non-hydrogen) atoms. The van der Waals surface area contributed by atoms with Crippen molar-refractivity contribution in [3.8, 4) is 0 Å². The van der Waals surface area contributed by atoms with Gasteiger partial charge in [0.25, 0.3) is 5.91 Å². The topological polar surface area (TPSA) is 32.3 Å². The summed E-state index contributed by atoms with van der Waals surface area (Å²) in [6.45, 7) is 5.47. The molecule has 1 N–H and O–H groups in total. The van der Waals surface area contributed by atoms with Crippen LogP contribution in [-0.2, 0) is 0 Å². The molecule has 1 heterocycles. The van der Waals surface area contributed by atoms with Gasteiger partial charge in [-0.25, -0.2) is 0 Å². The molecule has 1 amide bonds. The monoisotopic (exact) mass is 358 g/mol. The molecule has 0 aliphatic carbocycles. The molecule has 3 nitrogen and oxygen atoms in total. The van der Waals surface area contributed by atoms with E-state index >= 15 is 0 Å². The SMILES string of the molecule is CCCN1CCC(NC(=O)c2ccc(Br)cc2Cl)CC1. The fourth-order valence-electron chi connectivity index (χ4n) is 2.55. The summed E-state index contributed by atoms with van der Waals surface area (Å²) >= 11 is 9.45. The van der Waals surface area contributed by atoms with Crippen LogP contribution >= 0.6 is 27.5 Å². The number of likely N-dealkylation sites (tertiary alicyclic amines) is 1. The lowest BCUT2D eigenvalue weighted by Crippen LogP contribution is -2.44. The standard InChI is InChI=1S/C15H20BrClN2O/c1-2-7-19-8-5-12(6-9-19)18-15(20)13-4-3-11(16)10-14(13)17/h3-4,10,12H,2,5-9H2,1H3,(H,18,20). The number of nitrogens with zero attached hydrogens (tertiary/aromatic N) is 1. The Balaban J connectivity index is 1.89. The van der Waals surface area contributed by atoms with Gasteiger partial charge in [-0.15, -0.1) is 0 Å². The Morgan fingerprint density at radius 2 is 2.15 bits per heavy atom. The average molecular weight is 360 g/mol. The van der Waals surface area contributed by atoms with Crippen LogP contribution < -0.4 is 5.32 Å². The molecule has 1 fully saturated rings. The molecule has 0 saturated carbocycles. The van der Waals surface area contributed by atoms with Crippen molar-refractivity contribution in [1.29, 1.82) is 0 Å². The first-order valence-electron chi connectivity index (χ1n) is 7.08. The van der Waals surface area contributed by atoms with Crippen LogP contribution in [-0.4, -0.2) is 36.5 Å². The highest BCUT2D eigenvalue weighted by atomic mass is 79.9. The van der Waals surface area contributed by atoms with Crippen LogP contribution in [0.4, 0.5) is 0 Å². The molecule has 0 unspecified atom stereocenters. The van der Waals surface area contributed by atoms with E-state index in [2.05, 4.69) is 33.1 Å². The predicted octanol–water partition coefficient (Wildman–Crippen LogP) is 3.71. The Kier molecular flexibility index (Phi) is 5.87. The van der Waals surface area contributed by atoms with Gasteiger partial charge in [0.1, 0.15) is 0 Å². The van der Waals surface area contributed by atoms with E-state index in [1.807, 2.05) is 6.07 Å². The van der Waals surface area contributed by atoms with Crippen LogP contribution in [0.15, 0.2) is 22.7 Å². The highest BCUT2D eigenvalue weighted by Gasteiger charge is 2.21. The molecule has 1 aromatic rings. The molecule has 0 aromatic heterocycles. The third-order valence-corrected chi connectivity index (χ3v) is 4.44. The largest absolute Gasteiger partial charge is 0.349 e. The fraction of sp³-hybridized carbons (Fsp3) is 0.533. The summed E-state index contributed by atoms with van der Waals surface area (Å²) in [5, 5.41) is 3.58. The molecule has 5 heteroatoms. The number of carbonyl (C=O) groups excluding carboxylic acids is 1. The summed E-state index contributed by atoms with van der Waals surface area (Å²) < 4.78 is 0.881. The molecular formula is C15H20BrClN2O. The van der Waals surface area contributed by atoms with Gasteiger partial charge < -0.3 is 10.2 Å². The third-order valence-electron chi connectivity index (χ3n) is 3.64. The second-order valence-electron chi connectivity index (χ2n) is 5.21. The molecule has 1 saturated heterocycles. The number of amides is 1. The van der Waals surface area contributed by atoms with Crippen LogP contribution in [0.5, 0.6) is 0 Å². The average Bonchev–Trinajstić information content (AvgIpc) is 2.41. The van der Waals surface area contributed by atoms with Gasteiger partial charge in [0.2, 0.25) is 0 Å². The minimum atomic E-state index is -0.0727. The van der Waals surface area contributed by atoms with Crippen molar-refractivity contribution in [2.75, 3.05) is 19.6 Å². The Morgan fingerprint density at radius 1 is 1.45 bits per heavy atom. The van der Waals surface area contributed by atoms with E-state index in [1.54, 1.807) is 12.1 Å². The van der Waals surface area contributed by atoms with Crippen LogP contribution in [0.25, 0.3) is 0 Å². The number of hydrogen-bond acceptors (Lipinski definition) is 2. The molecule has 0 spiro atoms. The van der Waals surface area contributed by atoms with Gasteiger partial charge in [0.15, 0.2) is 0 Å². The molecule has 110 valence electrons. The first-order chi connectivity index (χ1) is 9.60. The van der Waals surface area contributed by atoms with Crippen molar-refractivity contribution in [3.63, 3.8) is 0 Å². The number of nitrogens with one attached hydrogen (secondary N) is 1. The Bertz CT molecular complexity index is 473. The Labute approximate surface area is 133 Å². The number of piperidine rings is 1. The molecule has 0 atom stereocenters. The van der Waals surface area contributed by atoms with Gasteiger partial charge in [-0.2, -0.15) is 0 Å². The Hall–Kier alpha value is -0.580. The van der Waals surface area contributed by atoms with Crippen molar-refractivity contribution in [1.82, 2.24) is 10.2 Å². The van der Waals surface area contributed by atoms with Gasteiger partial charge in [-0.05, 0) is 44.0 Å². The number of benzene rings is 1. The van der Waals surface area contributed by atoms with Crippen molar-refractivity contribution in [2.24, 2.45) is 0 Å². The maximum atomic E-state index is 12.2. The van der Waals surface area contributed by atoms with E-state index in [0.717, 1.165) is 36.9 Å². The minimum Gasteiger partial charge on any atom is -0.349 e. The molecule has 1 aliphatic rings. The second kappa shape index (κ2) is 7.43. The molecular weight excluding hydrogens is 340 g/mol. The van der Waals surface area contributed by atoms with E-state index in [0.29, 0.717) is 10.6 Å². The van der Waals surface area contributed by atoms with Gasteiger partial charge in [-0.1, -0.05) is 34.5 Å². The van der Waals surface area contributed by atoms with E-state index in [4.69, 9.17) is 11.6 Å². The van der Waals surface area contributed by atoms with Gasteiger partial charge in [0.05, 0.1) is 10.6 Å². The lowest BCUT2D eigenvalue weighted by Gasteiger charge is -2.32. The van der Waals surface area contributed by atoms with Crippen LogP contribution in [0.3, 0.4) is 0 Å². The summed E-state index contributed by atoms with van der Waals surface area (Å²) in [6, 6.07) is 5.61. The van der Waals surface area contributed by atoms with Crippen molar-refractivity contribution >= 4 is 33.4 Å². The van der Waals surface area contributed by atoms with Gasteiger partial charge in [-0.3, -0.25) is 4.79 Å². The normalized spacial score (nSPS) is 17.1. The Morgan fingerprint density at radius 3 is 2.75 bits per heavy atom. The lowest BCUT2D eigenvalue weighted by atomic mass is 10.0. The third kappa shape index (κ3) is 4.21. The van der Waals surface area contributed by atoms with E-state index in [1.165, 1.54) is 6.42 Å². The number of hydrogen-bond donors (Lipinski definition) is 1. The molecule has 0 radical (unpaired) electrons. The zero-order chi connectivity index (χ0) is 14.5. The highest BCUT2D eigenvalue weighted by molar-refractivity contribution is 9.10. The van der Waals surface area contributed by atoms with Crippen LogP contribution in [0, 0.1) is 0 Å². The van der Waals surface area contributed by atoms with Crippen molar-refractivity contribution in [3.05, 3.63) is 33.3 Å². The first-order valence-corrected chi connectivity index (χ1v) is 8.25. The summed E-state index contributed by atoms with van der Waals surface area (Å²) in [5.41, 5.74) is 0.547. The highest BCUT2D eigenvalue weighted by Crippen LogP contribution is 2.22. The van der Waals surface area contributed by atoms with E-state index in [-0.39, 0.29) is 11.9 Å². The summed E-state index contributed by atoms with van der Waals surface area (Å²) in [5.74, 6) is -0.0727. The number of halogens is 2. The maximum Gasteiger partial charge on any atom is 0.253 e. The van der Waals surface area contributed by atoms with Gasteiger partial charge >= 0.3 is 0 Å². The second-order valence-corrected chi connectivity index (χ2v) is 6.54. The summed E-state index contributed by atoms with van der Waals surface area (Å²) in [4.78, 5) is 14.7. The lowest BCUT2D eigenvalue weighted by molar-refractivity contribution is 0.0911. The maximum absolute atomic E-state index is 12.2. The first kappa shape index (κ1) is 15.8. The molecule has 1 aliphatic heterocycles. The molecule has 0 bridgehead atoms. The van der Waals surface area contributed by atoms with Crippen molar-refractivity contribution in [2.45, 2.75) is 32.2 Å². The van der Waals surface area contributed by atoms with Crippen molar-refractivity contribution < 1.29 is 4.79 Å². The predicted molar refractivity (Wildman–Crippen MR) is 86.4 cm³/mol. The van der Waals surface area contributed by atoms with Gasteiger partial charge in [0, 0.05) is 23.6 Å². The summed E-state index contributed by atoms with van der Waals surface area (Å²) in [6.07, 6.45) is 3.21. The molecule has 1 aromatic carbocycles. The van der Waals surface area contributed by atoms with E-state index in [9.17, 15) is 4.79 Å². The quantitative estimate of drug-likeness (QED) is 0.889. The van der Waals surface area contributed by atoms with E-state index < -0.39 is 0 Å². The number of carbonyl (C=O) groups is 1. The smallest absolute Gasteiger partial charge is 0.253 e. The summed E-state index contributed by atoms with van der Waals surface area (Å²) in [7, 11) is 0. The zero-order valence-corrected chi connectivity index (χ0v) is 14.0. The fourth-order valence-corrected chi connectivity index (χ4v) is 3.31. The number of rotatable bonds is 4. The van der Waals surface area contributed by atoms with Crippen LogP contribution in [0.2, 0.25) is 5.02 Å². The molecule has 2 rings (SSSR count). The zero-order valence-electron chi connectivity index (χ0n) is 11.7. The van der Waals surface area contributed by atoms with Crippen LogP contribution in [0.1, 0.15) is 36.5 Å². The minimum absolute atomic E-state index is 0.0727.